The Kier molecular flexibility index (Phi) is 4.90. The average Bonchev–Trinajstić information content (AvgIpc) is 1.98. The molecule has 0 rings (SSSR count). The Balaban J connectivity index is 4.13. The number of nitrogens with one attached hydrogen (secondary N) is 1. The van der Waals surface area contributed by atoms with Gasteiger partial charge in [-0.25, -0.2) is 0 Å². The molecule has 0 fully saturated rings. The largest absolute Gasteiger partial charge is 0.468 e. The third-order valence-electron chi connectivity index (χ3n) is 1.63. The number of methoxy groups -OCH3 is 1. The molecular formula is C9H19NO2. The van der Waals surface area contributed by atoms with E-state index in [1.165, 1.54) is 7.11 Å². The Labute approximate surface area is 74.5 Å². The first-order chi connectivity index (χ1) is 5.49. The molecule has 0 unspecified atom stereocenters. The first-order valence-electron chi connectivity index (χ1n) is 4.33. The molecule has 1 atom stereocenters. The van der Waals surface area contributed by atoms with E-state index < -0.39 is 0 Å². The minimum atomic E-state index is -0.185. The lowest BCUT2D eigenvalue weighted by Crippen LogP contribution is -2.45. The highest BCUT2D eigenvalue weighted by Crippen LogP contribution is 2.04. The average molecular weight is 173 g/mol. The van der Waals surface area contributed by atoms with E-state index in [-0.39, 0.29) is 17.9 Å². The van der Waals surface area contributed by atoms with Crippen LogP contribution in [0.25, 0.3) is 0 Å². The Morgan fingerprint density at radius 2 is 1.75 bits per heavy atom. The number of ether oxygens (including phenoxy) is 1. The molecule has 0 aromatic rings. The van der Waals surface area contributed by atoms with Gasteiger partial charge in [-0.1, -0.05) is 27.7 Å². The van der Waals surface area contributed by atoms with Crippen molar-refractivity contribution < 1.29 is 9.53 Å². The van der Waals surface area contributed by atoms with E-state index in [1.807, 2.05) is 27.7 Å². The summed E-state index contributed by atoms with van der Waals surface area (Å²) < 4.78 is 4.67. The summed E-state index contributed by atoms with van der Waals surface area (Å²) >= 11 is 0. The number of carbonyl (C=O) groups is 1. The van der Waals surface area contributed by atoms with E-state index in [4.69, 9.17) is 0 Å². The smallest absolute Gasteiger partial charge is 0.323 e. The predicted molar refractivity (Wildman–Crippen MR) is 48.9 cm³/mol. The number of hydrogen-bond donors (Lipinski definition) is 1. The summed E-state index contributed by atoms with van der Waals surface area (Å²) in [7, 11) is 1.42. The number of hydrogen-bond acceptors (Lipinski definition) is 3. The molecule has 0 saturated heterocycles. The Bertz CT molecular complexity index is 143. The van der Waals surface area contributed by atoms with Gasteiger partial charge in [0.2, 0.25) is 0 Å². The normalized spacial score (nSPS) is 13.6. The van der Waals surface area contributed by atoms with Crippen molar-refractivity contribution >= 4 is 5.97 Å². The maximum atomic E-state index is 11.2. The van der Waals surface area contributed by atoms with Crippen LogP contribution in [-0.2, 0) is 9.53 Å². The van der Waals surface area contributed by atoms with Crippen molar-refractivity contribution in [3.8, 4) is 0 Å². The Morgan fingerprint density at radius 1 is 1.25 bits per heavy atom. The van der Waals surface area contributed by atoms with Crippen LogP contribution < -0.4 is 5.32 Å². The first kappa shape index (κ1) is 11.4. The van der Waals surface area contributed by atoms with Crippen molar-refractivity contribution in [2.24, 2.45) is 5.92 Å². The van der Waals surface area contributed by atoms with Gasteiger partial charge >= 0.3 is 5.97 Å². The van der Waals surface area contributed by atoms with E-state index in [0.717, 1.165) is 0 Å². The molecule has 0 spiro atoms. The lowest BCUT2D eigenvalue weighted by molar-refractivity contribution is -0.144. The van der Waals surface area contributed by atoms with Crippen molar-refractivity contribution in [1.82, 2.24) is 5.32 Å². The van der Waals surface area contributed by atoms with E-state index >= 15 is 0 Å². The third kappa shape index (κ3) is 3.72. The molecule has 0 aromatic heterocycles. The van der Waals surface area contributed by atoms with Crippen molar-refractivity contribution in [1.29, 1.82) is 0 Å². The SMILES string of the molecule is COC(=O)[C@@H](NC(C)C)C(C)C. The molecule has 3 nitrogen and oxygen atoms in total. The standard InChI is InChI=1S/C9H19NO2/c1-6(2)8(9(11)12-5)10-7(3)4/h6-8,10H,1-5H3/t8-/m0/s1. The molecule has 0 aliphatic rings. The van der Waals surface area contributed by atoms with Gasteiger partial charge in [0, 0.05) is 6.04 Å². The van der Waals surface area contributed by atoms with E-state index in [0.29, 0.717) is 6.04 Å². The van der Waals surface area contributed by atoms with Crippen molar-refractivity contribution in [2.75, 3.05) is 7.11 Å². The van der Waals surface area contributed by atoms with Crippen molar-refractivity contribution in [3.63, 3.8) is 0 Å². The van der Waals surface area contributed by atoms with Crippen LogP contribution in [0.15, 0.2) is 0 Å². The summed E-state index contributed by atoms with van der Waals surface area (Å²) in [5.41, 5.74) is 0. The highest BCUT2D eigenvalue weighted by Gasteiger charge is 2.22. The predicted octanol–water partition coefficient (Wildman–Crippen LogP) is 1.18. The van der Waals surface area contributed by atoms with Gasteiger partial charge in [0.05, 0.1) is 7.11 Å². The second-order valence-corrected chi connectivity index (χ2v) is 3.57. The van der Waals surface area contributed by atoms with Crippen LogP contribution in [0.3, 0.4) is 0 Å². The van der Waals surface area contributed by atoms with Crippen LogP contribution in [0.4, 0.5) is 0 Å². The van der Waals surface area contributed by atoms with Crippen LogP contribution in [0.2, 0.25) is 0 Å². The minimum absolute atomic E-state index is 0.182. The molecule has 1 N–H and O–H groups in total. The maximum absolute atomic E-state index is 11.2. The summed E-state index contributed by atoms with van der Waals surface area (Å²) in [6, 6.07) is 0.117. The topological polar surface area (TPSA) is 38.3 Å². The highest BCUT2D eigenvalue weighted by atomic mass is 16.5. The molecular weight excluding hydrogens is 154 g/mol. The number of esters is 1. The van der Waals surface area contributed by atoms with Gasteiger partial charge in [0.15, 0.2) is 0 Å². The molecule has 0 aromatic carbocycles. The Hall–Kier alpha value is -0.570. The van der Waals surface area contributed by atoms with E-state index in [1.54, 1.807) is 0 Å². The molecule has 0 saturated carbocycles. The lowest BCUT2D eigenvalue weighted by atomic mass is 10.0. The summed E-state index contributed by atoms with van der Waals surface area (Å²) in [6.45, 7) is 8.02. The summed E-state index contributed by atoms with van der Waals surface area (Å²) in [5.74, 6) is 0.0820. The third-order valence-corrected chi connectivity index (χ3v) is 1.63. The van der Waals surface area contributed by atoms with Crippen LogP contribution in [-0.4, -0.2) is 25.2 Å². The molecule has 0 amide bonds. The second kappa shape index (κ2) is 5.14. The van der Waals surface area contributed by atoms with E-state index in [9.17, 15) is 4.79 Å². The Morgan fingerprint density at radius 3 is 2.00 bits per heavy atom. The zero-order chi connectivity index (χ0) is 9.72. The molecule has 12 heavy (non-hydrogen) atoms. The fourth-order valence-electron chi connectivity index (χ4n) is 1.02. The van der Waals surface area contributed by atoms with Crippen LogP contribution in [0.1, 0.15) is 27.7 Å². The van der Waals surface area contributed by atoms with E-state index in [2.05, 4.69) is 10.1 Å². The van der Waals surface area contributed by atoms with Gasteiger partial charge in [0.1, 0.15) is 6.04 Å². The molecule has 72 valence electrons. The molecule has 0 radical (unpaired) electrons. The maximum Gasteiger partial charge on any atom is 0.323 e. The first-order valence-corrected chi connectivity index (χ1v) is 4.33. The fourth-order valence-corrected chi connectivity index (χ4v) is 1.02. The summed E-state index contributed by atoms with van der Waals surface area (Å²) in [6.07, 6.45) is 0. The van der Waals surface area contributed by atoms with Crippen LogP contribution in [0, 0.1) is 5.92 Å². The number of carbonyl (C=O) groups excluding carboxylic acids is 1. The highest BCUT2D eigenvalue weighted by molar-refractivity contribution is 5.75. The zero-order valence-corrected chi connectivity index (χ0v) is 8.55. The van der Waals surface area contributed by atoms with Crippen LogP contribution >= 0.6 is 0 Å². The number of rotatable bonds is 4. The van der Waals surface area contributed by atoms with Crippen molar-refractivity contribution in [3.05, 3.63) is 0 Å². The molecule has 0 aliphatic heterocycles. The van der Waals surface area contributed by atoms with Gasteiger partial charge in [-0.2, -0.15) is 0 Å². The minimum Gasteiger partial charge on any atom is -0.468 e. The molecule has 0 aliphatic carbocycles. The molecule has 3 heteroatoms. The fraction of sp³-hybridized carbons (Fsp3) is 0.889. The summed E-state index contributed by atoms with van der Waals surface area (Å²) in [5, 5.41) is 3.16. The second-order valence-electron chi connectivity index (χ2n) is 3.57. The molecule has 0 bridgehead atoms. The van der Waals surface area contributed by atoms with Crippen LogP contribution in [0.5, 0.6) is 0 Å². The van der Waals surface area contributed by atoms with Gasteiger partial charge in [-0.15, -0.1) is 0 Å². The van der Waals surface area contributed by atoms with Crippen molar-refractivity contribution in [2.45, 2.75) is 39.8 Å². The lowest BCUT2D eigenvalue weighted by Gasteiger charge is -2.21. The zero-order valence-electron chi connectivity index (χ0n) is 8.55. The van der Waals surface area contributed by atoms with Gasteiger partial charge in [-0.05, 0) is 5.92 Å². The van der Waals surface area contributed by atoms with Gasteiger partial charge in [-0.3, -0.25) is 4.79 Å². The molecule has 0 heterocycles. The monoisotopic (exact) mass is 173 g/mol. The van der Waals surface area contributed by atoms with Gasteiger partial charge in [0.25, 0.3) is 0 Å². The summed E-state index contributed by atoms with van der Waals surface area (Å²) in [4.78, 5) is 11.2. The van der Waals surface area contributed by atoms with Gasteiger partial charge < -0.3 is 10.1 Å². The quantitative estimate of drug-likeness (QED) is 0.649.